The average Bonchev–Trinajstić information content (AvgIpc) is 3.31. The summed E-state index contributed by atoms with van der Waals surface area (Å²) in [6.07, 6.45) is 3.91. The summed E-state index contributed by atoms with van der Waals surface area (Å²) in [7, 11) is -3.52. The molecule has 1 saturated heterocycles. The van der Waals surface area contributed by atoms with Crippen molar-refractivity contribution in [3.8, 4) is 5.75 Å². The fourth-order valence-corrected chi connectivity index (χ4v) is 5.44. The topological polar surface area (TPSA) is 78.9 Å². The molecule has 0 atom stereocenters. The third-order valence-electron chi connectivity index (χ3n) is 5.93. The van der Waals surface area contributed by atoms with Crippen LogP contribution in [-0.2, 0) is 14.8 Å². The van der Waals surface area contributed by atoms with Gasteiger partial charge in [-0.15, -0.1) is 0 Å². The molecule has 0 spiro atoms. The summed E-state index contributed by atoms with van der Waals surface area (Å²) in [4.78, 5) is 16.8. The smallest absolute Gasteiger partial charge is 0.260 e. The van der Waals surface area contributed by atoms with Crippen molar-refractivity contribution < 1.29 is 17.9 Å². The number of hydrogen-bond donors (Lipinski definition) is 1. The number of sulfonamides is 1. The van der Waals surface area contributed by atoms with Gasteiger partial charge in [-0.1, -0.05) is 31.0 Å². The van der Waals surface area contributed by atoms with Gasteiger partial charge in [0.05, 0.1) is 4.90 Å². The molecule has 1 heterocycles. The molecule has 2 aliphatic rings. The van der Waals surface area contributed by atoms with Gasteiger partial charge < -0.3 is 14.5 Å². The van der Waals surface area contributed by atoms with Gasteiger partial charge in [-0.3, -0.25) is 4.79 Å². The van der Waals surface area contributed by atoms with Crippen LogP contribution >= 0.6 is 0 Å². The van der Waals surface area contributed by atoms with Crippen LogP contribution in [-0.4, -0.2) is 58.1 Å². The van der Waals surface area contributed by atoms with Crippen LogP contribution in [0.25, 0.3) is 0 Å². The number of ether oxygens (including phenoxy) is 1. The van der Waals surface area contributed by atoms with Crippen LogP contribution in [0.1, 0.15) is 25.7 Å². The van der Waals surface area contributed by atoms with Gasteiger partial charge in [0.2, 0.25) is 10.0 Å². The van der Waals surface area contributed by atoms with E-state index in [0.29, 0.717) is 18.8 Å². The summed E-state index contributed by atoms with van der Waals surface area (Å²) in [5, 5.41) is 0. The summed E-state index contributed by atoms with van der Waals surface area (Å²) in [5.41, 5.74) is 1.17. The number of benzene rings is 2. The number of nitrogens with one attached hydrogen (secondary N) is 1. The lowest BCUT2D eigenvalue weighted by atomic mass is 10.2. The van der Waals surface area contributed by atoms with E-state index in [1.54, 1.807) is 12.1 Å². The molecule has 2 fully saturated rings. The maximum absolute atomic E-state index is 12.5. The lowest BCUT2D eigenvalue weighted by Crippen LogP contribution is -2.50. The van der Waals surface area contributed by atoms with Crippen LogP contribution in [0, 0.1) is 0 Å². The molecule has 31 heavy (non-hydrogen) atoms. The van der Waals surface area contributed by atoms with Crippen molar-refractivity contribution in [2.75, 3.05) is 37.7 Å². The number of carbonyl (C=O) groups excluding carboxylic acids is 1. The van der Waals surface area contributed by atoms with E-state index in [4.69, 9.17) is 4.74 Å². The SMILES string of the molecule is O=C(COc1ccc(S(=O)(=O)NC2CCCC2)cc1)N1CCN(c2ccccc2)CC1. The zero-order valence-electron chi connectivity index (χ0n) is 17.6. The van der Waals surface area contributed by atoms with E-state index in [0.717, 1.165) is 38.8 Å². The lowest BCUT2D eigenvalue weighted by Gasteiger charge is -2.36. The largest absolute Gasteiger partial charge is 0.484 e. The van der Waals surface area contributed by atoms with E-state index in [1.807, 2.05) is 23.1 Å². The quantitative estimate of drug-likeness (QED) is 0.712. The number of nitrogens with zero attached hydrogens (tertiary/aromatic N) is 2. The predicted octanol–water partition coefficient (Wildman–Crippen LogP) is 2.64. The molecule has 7 nitrogen and oxygen atoms in total. The molecule has 166 valence electrons. The Labute approximate surface area is 184 Å². The Morgan fingerprint density at radius 1 is 0.935 bits per heavy atom. The van der Waals surface area contributed by atoms with Crippen molar-refractivity contribution in [3.63, 3.8) is 0 Å². The van der Waals surface area contributed by atoms with Gasteiger partial charge in [-0.25, -0.2) is 13.1 Å². The number of para-hydroxylation sites is 1. The Kier molecular flexibility index (Phi) is 6.77. The molecule has 1 N–H and O–H groups in total. The molecule has 0 radical (unpaired) electrons. The highest BCUT2D eigenvalue weighted by molar-refractivity contribution is 7.89. The van der Waals surface area contributed by atoms with Crippen molar-refractivity contribution >= 4 is 21.6 Å². The third-order valence-corrected chi connectivity index (χ3v) is 7.46. The van der Waals surface area contributed by atoms with E-state index in [2.05, 4.69) is 21.8 Å². The zero-order chi connectivity index (χ0) is 21.7. The minimum atomic E-state index is -3.52. The third kappa shape index (κ3) is 5.57. The van der Waals surface area contributed by atoms with Gasteiger partial charge >= 0.3 is 0 Å². The number of piperazine rings is 1. The average molecular weight is 444 g/mol. The number of amides is 1. The zero-order valence-corrected chi connectivity index (χ0v) is 18.4. The number of anilines is 1. The minimum absolute atomic E-state index is 0.0286. The first-order valence-corrected chi connectivity index (χ1v) is 12.3. The molecule has 1 saturated carbocycles. The van der Waals surface area contributed by atoms with Gasteiger partial charge in [-0.2, -0.15) is 0 Å². The molecule has 4 rings (SSSR count). The van der Waals surface area contributed by atoms with E-state index in [1.165, 1.54) is 17.8 Å². The normalized spacial score (nSPS) is 17.7. The monoisotopic (exact) mass is 443 g/mol. The highest BCUT2D eigenvalue weighted by Crippen LogP contribution is 2.22. The molecule has 1 aliphatic heterocycles. The van der Waals surface area contributed by atoms with Gasteiger partial charge in [0.25, 0.3) is 5.91 Å². The Hall–Kier alpha value is -2.58. The van der Waals surface area contributed by atoms with Gasteiger partial charge in [-0.05, 0) is 49.2 Å². The second kappa shape index (κ2) is 9.70. The molecule has 0 aromatic heterocycles. The standard InChI is InChI=1S/C23H29N3O4S/c27-23(26-16-14-25(15-17-26)20-8-2-1-3-9-20)18-30-21-10-12-22(13-11-21)31(28,29)24-19-6-4-5-7-19/h1-3,8-13,19,24H,4-7,14-18H2. The molecule has 1 amide bonds. The Morgan fingerprint density at radius 2 is 1.58 bits per heavy atom. The van der Waals surface area contributed by atoms with E-state index in [-0.39, 0.29) is 23.5 Å². The van der Waals surface area contributed by atoms with Crippen LogP contribution in [0.4, 0.5) is 5.69 Å². The van der Waals surface area contributed by atoms with Gasteiger partial charge in [0.1, 0.15) is 5.75 Å². The molecule has 8 heteroatoms. The van der Waals surface area contributed by atoms with Gasteiger partial charge in [0.15, 0.2) is 6.61 Å². The highest BCUT2D eigenvalue weighted by Gasteiger charge is 2.23. The Bertz CT molecular complexity index is 966. The van der Waals surface area contributed by atoms with Crippen LogP contribution in [0.5, 0.6) is 5.75 Å². The van der Waals surface area contributed by atoms with Crippen molar-refractivity contribution in [2.24, 2.45) is 0 Å². The number of hydrogen-bond acceptors (Lipinski definition) is 5. The van der Waals surface area contributed by atoms with Gasteiger partial charge in [0, 0.05) is 37.9 Å². The summed E-state index contributed by atoms with van der Waals surface area (Å²) in [6.45, 7) is 2.83. The Balaban J connectivity index is 1.25. The summed E-state index contributed by atoms with van der Waals surface area (Å²) in [5.74, 6) is 0.420. The predicted molar refractivity (Wildman–Crippen MR) is 120 cm³/mol. The second-order valence-corrected chi connectivity index (χ2v) is 9.78. The fourth-order valence-electron chi connectivity index (χ4n) is 4.14. The minimum Gasteiger partial charge on any atom is -0.484 e. The van der Waals surface area contributed by atoms with Crippen LogP contribution < -0.4 is 14.4 Å². The molecule has 2 aromatic carbocycles. The molecule has 1 aliphatic carbocycles. The molecule has 0 bridgehead atoms. The lowest BCUT2D eigenvalue weighted by molar-refractivity contribution is -0.133. The molecule has 2 aromatic rings. The van der Waals surface area contributed by atoms with Crippen molar-refractivity contribution in [1.29, 1.82) is 0 Å². The van der Waals surface area contributed by atoms with Crippen molar-refractivity contribution in [1.82, 2.24) is 9.62 Å². The summed E-state index contributed by atoms with van der Waals surface area (Å²) < 4.78 is 33.3. The fraction of sp³-hybridized carbons (Fsp3) is 0.435. The highest BCUT2D eigenvalue weighted by atomic mass is 32.2. The first kappa shape index (κ1) is 21.6. The summed E-state index contributed by atoms with van der Waals surface area (Å²) in [6, 6.07) is 16.5. The first-order chi connectivity index (χ1) is 15.0. The maximum atomic E-state index is 12.5. The van der Waals surface area contributed by atoms with E-state index < -0.39 is 10.0 Å². The summed E-state index contributed by atoms with van der Waals surface area (Å²) >= 11 is 0. The second-order valence-electron chi connectivity index (χ2n) is 8.07. The van der Waals surface area contributed by atoms with E-state index >= 15 is 0 Å². The van der Waals surface area contributed by atoms with Crippen LogP contribution in [0.15, 0.2) is 59.5 Å². The molecular weight excluding hydrogens is 414 g/mol. The number of carbonyl (C=O) groups is 1. The molecule has 0 unspecified atom stereocenters. The van der Waals surface area contributed by atoms with Crippen molar-refractivity contribution in [3.05, 3.63) is 54.6 Å². The van der Waals surface area contributed by atoms with Crippen LogP contribution in [0.3, 0.4) is 0 Å². The maximum Gasteiger partial charge on any atom is 0.260 e. The number of rotatable bonds is 7. The van der Waals surface area contributed by atoms with Crippen molar-refractivity contribution in [2.45, 2.75) is 36.6 Å². The van der Waals surface area contributed by atoms with E-state index in [9.17, 15) is 13.2 Å². The Morgan fingerprint density at radius 3 is 2.23 bits per heavy atom. The van der Waals surface area contributed by atoms with Crippen LogP contribution in [0.2, 0.25) is 0 Å². The molecular formula is C23H29N3O4S. The first-order valence-electron chi connectivity index (χ1n) is 10.8.